The van der Waals surface area contributed by atoms with Crippen LogP contribution in [0.15, 0.2) is 52.7 Å². The number of esters is 1. The van der Waals surface area contributed by atoms with Crippen LogP contribution in [0.25, 0.3) is 10.6 Å². The first-order valence-electron chi connectivity index (χ1n) is 9.72. The highest BCUT2D eigenvalue weighted by Gasteiger charge is 2.16. The Bertz CT molecular complexity index is 1170. The minimum atomic E-state index is -3.67. The second kappa shape index (κ2) is 10.6. The first-order valence-corrected chi connectivity index (χ1v) is 12.1. The van der Waals surface area contributed by atoms with Gasteiger partial charge in [-0.1, -0.05) is 23.8 Å². The van der Waals surface area contributed by atoms with E-state index in [1.165, 1.54) is 23.5 Å². The molecular formula is C22H24N2O6S2. The first kappa shape index (κ1) is 23.7. The Morgan fingerprint density at radius 2 is 1.84 bits per heavy atom. The van der Waals surface area contributed by atoms with Gasteiger partial charge < -0.3 is 14.2 Å². The summed E-state index contributed by atoms with van der Waals surface area (Å²) in [7, 11) is -0.545. The molecule has 10 heteroatoms. The van der Waals surface area contributed by atoms with Crippen LogP contribution in [0.4, 0.5) is 0 Å². The van der Waals surface area contributed by atoms with E-state index in [0.717, 1.165) is 11.1 Å². The molecule has 1 N–H and O–H groups in total. The lowest BCUT2D eigenvalue weighted by Crippen LogP contribution is -2.26. The molecule has 0 fully saturated rings. The van der Waals surface area contributed by atoms with Gasteiger partial charge in [0, 0.05) is 11.9 Å². The molecule has 0 bridgehead atoms. The fourth-order valence-electron chi connectivity index (χ4n) is 2.87. The van der Waals surface area contributed by atoms with Crippen molar-refractivity contribution in [3.05, 3.63) is 59.1 Å². The molecule has 3 aromatic rings. The molecule has 0 aliphatic heterocycles. The van der Waals surface area contributed by atoms with Gasteiger partial charge >= 0.3 is 5.97 Å². The summed E-state index contributed by atoms with van der Waals surface area (Å²) >= 11 is 1.39. The number of nitrogens with zero attached hydrogens (tertiary/aromatic N) is 1. The van der Waals surface area contributed by atoms with E-state index in [2.05, 4.69) is 9.71 Å². The van der Waals surface area contributed by atoms with Gasteiger partial charge in [-0.3, -0.25) is 4.79 Å². The highest BCUT2D eigenvalue weighted by molar-refractivity contribution is 7.89. The van der Waals surface area contributed by atoms with Crippen LogP contribution in [0.3, 0.4) is 0 Å². The van der Waals surface area contributed by atoms with E-state index in [1.54, 1.807) is 37.8 Å². The molecule has 1 aromatic heterocycles. The minimum Gasteiger partial charge on any atom is -0.493 e. The van der Waals surface area contributed by atoms with Crippen molar-refractivity contribution in [1.82, 2.24) is 9.71 Å². The van der Waals surface area contributed by atoms with Crippen molar-refractivity contribution in [2.45, 2.75) is 24.8 Å². The minimum absolute atomic E-state index is 0.00761. The van der Waals surface area contributed by atoms with E-state index in [-0.39, 0.29) is 24.5 Å². The topological polar surface area (TPSA) is 104 Å². The average Bonchev–Trinajstić information content (AvgIpc) is 3.26. The van der Waals surface area contributed by atoms with Gasteiger partial charge in [0.1, 0.15) is 11.6 Å². The summed E-state index contributed by atoms with van der Waals surface area (Å²) in [4.78, 5) is 16.7. The number of carbonyl (C=O) groups is 1. The largest absolute Gasteiger partial charge is 0.493 e. The fourth-order valence-corrected chi connectivity index (χ4v) is 4.73. The number of carbonyl (C=O) groups excluding carboxylic acids is 1. The van der Waals surface area contributed by atoms with Gasteiger partial charge in [-0.05, 0) is 31.2 Å². The summed E-state index contributed by atoms with van der Waals surface area (Å²) in [6, 6.07) is 12.0. The molecule has 0 saturated heterocycles. The maximum absolute atomic E-state index is 12.2. The predicted octanol–water partition coefficient (Wildman–Crippen LogP) is 3.55. The zero-order valence-corrected chi connectivity index (χ0v) is 19.6. The van der Waals surface area contributed by atoms with E-state index >= 15 is 0 Å². The van der Waals surface area contributed by atoms with E-state index < -0.39 is 16.0 Å². The Balaban J connectivity index is 1.52. The summed E-state index contributed by atoms with van der Waals surface area (Å²) in [5.74, 6) is 0.653. The highest BCUT2D eigenvalue weighted by Crippen LogP contribution is 2.39. The smallest absolute Gasteiger partial charge is 0.307 e. The van der Waals surface area contributed by atoms with E-state index in [4.69, 9.17) is 14.2 Å². The highest BCUT2D eigenvalue weighted by atomic mass is 32.2. The van der Waals surface area contributed by atoms with Gasteiger partial charge in [0.05, 0.1) is 36.8 Å². The fraction of sp³-hybridized carbons (Fsp3) is 0.273. The van der Waals surface area contributed by atoms with Crippen molar-refractivity contribution in [3.63, 3.8) is 0 Å². The predicted molar refractivity (Wildman–Crippen MR) is 121 cm³/mol. The Hall–Kier alpha value is -2.95. The third-order valence-electron chi connectivity index (χ3n) is 4.52. The first-order chi connectivity index (χ1) is 15.3. The number of benzene rings is 2. The molecule has 0 aliphatic carbocycles. The van der Waals surface area contributed by atoms with Crippen LogP contribution < -0.4 is 14.2 Å². The van der Waals surface area contributed by atoms with Crippen LogP contribution in [0, 0.1) is 6.92 Å². The quantitative estimate of drug-likeness (QED) is 0.446. The van der Waals surface area contributed by atoms with Crippen LogP contribution >= 0.6 is 11.3 Å². The monoisotopic (exact) mass is 476 g/mol. The van der Waals surface area contributed by atoms with Crippen molar-refractivity contribution in [1.29, 1.82) is 0 Å². The molecule has 0 unspecified atom stereocenters. The van der Waals surface area contributed by atoms with E-state index in [1.807, 2.05) is 19.1 Å². The van der Waals surface area contributed by atoms with Gasteiger partial charge in [-0.25, -0.2) is 18.1 Å². The van der Waals surface area contributed by atoms with Crippen molar-refractivity contribution >= 4 is 27.3 Å². The summed E-state index contributed by atoms with van der Waals surface area (Å²) < 4.78 is 42.9. The Kier molecular flexibility index (Phi) is 7.84. The molecular weight excluding hydrogens is 452 g/mol. The maximum atomic E-state index is 12.2. The zero-order chi connectivity index (χ0) is 23.1. The molecule has 0 amide bonds. The van der Waals surface area contributed by atoms with Crippen molar-refractivity contribution in [3.8, 4) is 22.1 Å². The summed E-state index contributed by atoms with van der Waals surface area (Å²) in [6.45, 7) is 1.81. The number of hydrogen-bond donors (Lipinski definition) is 1. The maximum Gasteiger partial charge on any atom is 0.307 e. The molecule has 0 atom stereocenters. The van der Waals surface area contributed by atoms with Gasteiger partial charge in [0.2, 0.25) is 10.0 Å². The SMILES string of the molecule is COc1cccc(-c2nc(COC(=O)CCNS(=O)(=O)c3ccc(C)cc3)cs2)c1OC. The van der Waals surface area contributed by atoms with Crippen LogP contribution in [-0.2, 0) is 26.2 Å². The third kappa shape index (κ3) is 5.84. The molecule has 0 radical (unpaired) electrons. The van der Waals surface area contributed by atoms with Crippen LogP contribution in [-0.4, -0.2) is 40.1 Å². The average molecular weight is 477 g/mol. The van der Waals surface area contributed by atoms with E-state index in [0.29, 0.717) is 22.2 Å². The summed E-state index contributed by atoms with van der Waals surface area (Å²) in [5.41, 5.74) is 2.32. The lowest BCUT2D eigenvalue weighted by atomic mass is 10.2. The normalized spacial score (nSPS) is 11.2. The number of sulfonamides is 1. The molecule has 170 valence electrons. The molecule has 32 heavy (non-hydrogen) atoms. The number of nitrogens with one attached hydrogen (secondary N) is 1. The van der Waals surface area contributed by atoms with Gasteiger partial charge in [-0.15, -0.1) is 11.3 Å². The van der Waals surface area contributed by atoms with Gasteiger partial charge in [0.25, 0.3) is 0 Å². The van der Waals surface area contributed by atoms with E-state index in [9.17, 15) is 13.2 Å². The molecule has 0 spiro atoms. The Morgan fingerprint density at radius 1 is 1.09 bits per heavy atom. The second-order valence-corrected chi connectivity index (χ2v) is 9.43. The number of aromatic nitrogens is 1. The zero-order valence-electron chi connectivity index (χ0n) is 18.0. The van der Waals surface area contributed by atoms with Crippen molar-refractivity contribution < 1.29 is 27.4 Å². The number of aryl methyl sites for hydroxylation is 1. The standard InChI is InChI=1S/C22H24N2O6S2/c1-15-7-9-17(10-8-15)32(26,27)23-12-11-20(25)30-13-16-14-31-22(24-16)18-5-4-6-19(28-2)21(18)29-3/h4-10,14,23H,11-13H2,1-3H3. The molecule has 2 aromatic carbocycles. The number of hydrogen-bond acceptors (Lipinski definition) is 8. The molecule has 8 nitrogen and oxygen atoms in total. The van der Waals surface area contributed by atoms with Crippen LogP contribution in [0.5, 0.6) is 11.5 Å². The lowest BCUT2D eigenvalue weighted by molar-refractivity contribution is -0.144. The van der Waals surface area contributed by atoms with Crippen LogP contribution in [0.2, 0.25) is 0 Å². The lowest BCUT2D eigenvalue weighted by Gasteiger charge is -2.10. The number of para-hydroxylation sites is 1. The number of rotatable bonds is 10. The summed E-state index contributed by atoms with van der Waals surface area (Å²) in [6.07, 6.45) is -0.0915. The van der Waals surface area contributed by atoms with Crippen molar-refractivity contribution in [2.75, 3.05) is 20.8 Å². The second-order valence-electron chi connectivity index (χ2n) is 6.81. The van der Waals surface area contributed by atoms with Crippen molar-refractivity contribution in [2.24, 2.45) is 0 Å². The molecule has 0 saturated carbocycles. The van der Waals surface area contributed by atoms with Crippen LogP contribution in [0.1, 0.15) is 17.7 Å². The Morgan fingerprint density at radius 3 is 2.53 bits per heavy atom. The van der Waals surface area contributed by atoms with Gasteiger partial charge in [-0.2, -0.15) is 0 Å². The van der Waals surface area contributed by atoms with Gasteiger partial charge in [0.15, 0.2) is 11.5 Å². The number of methoxy groups -OCH3 is 2. The Labute approximate surface area is 191 Å². The number of ether oxygens (including phenoxy) is 3. The molecule has 1 heterocycles. The molecule has 0 aliphatic rings. The summed E-state index contributed by atoms with van der Waals surface area (Å²) in [5, 5.41) is 2.50. The molecule has 3 rings (SSSR count). The third-order valence-corrected chi connectivity index (χ3v) is 6.92. The number of thiazole rings is 1.